The minimum Gasteiger partial charge on any atom is -0.337 e. The van der Waals surface area contributed by atoms with E-state index in [1.165, 1.54) is 41.8 Å². The Hall–Kier alpha value is -2.65. The number of carbonyl (C=O) groups is 1. The van der Waals surface area contributed by atoms with Crippen LogP contribution in [0.15, 0.2) is 39.8 Å². The molecule has 0 radical (unpaired) electrons. The number of anilines is 2. The monoisotopic (exact) mass is 445 g/mol. The lowest BCUT2D eigenvalue weighted by Crippen LogP contribution is -2.14. The van der Waals surface area contributed by atoms with Crippen molar-refractivity contribution in [1.82, 2.24) is 5.16 Å². The average molecular weight is 446 g/mol. The van der Waals surface area contributed by atoms with E-state index in [4.69, 9.17) is 4.52 Å². The summed E-state index contributed by atoms with van der Waals surface area (Å²) < 4.78 is 32.6. The van der Waals surface area contributed by atoms with Gasteiger partial charge >= 0.3 is 0 Å². The van der Waals surface area contributed by atoms with Crippen molar-refractivity contribution < 1.29 is 17.7 Å². The van der Waals surface area contributed by atoms with Gasteiger partial charge in [-0.25, -0.2) is 13.1 Å². The summed E-state index contributed by atoms with van der Waals surface area (Å²) in [6.07, 6.45) is 5.65. The van der Waals surface area contributed by atoms with E-state index in [0.717, 1.165) is 12.8 Å². The molecule has 1 aliphatic rings. The van der Waals surface area contributed by atoms with Gasteiger partial charge in [0.2, 0.25) is 5.88 Å². The SMILES string of the molecule is Cc1noc(NS(=O)(=O)c2ccc(NC(=O)c3cc4c(s3)CCCCC4)cc2)c1C. The Morgan fingerprint density at radius 1 is 1.10 bits per heavy atom. The van der Waals surface area contributed by atoms with Crippen LogP contribution in [-0.2, 0) is 22.9 Å². The number of amides is 1. The summed E-state index contributed by atoms with van der Waals surface area (Å²) >= 11 is 1.55. The molecule has 0 atom stereocenters. The highest BCUT2D eigenvalue weighted by Crippen LogP contribution is 2.29. The van der Waals surface area contributed by atoms with Gasteiger partial charge in [-0.3, -0.25) is 4.79 Å². The topological polar surface area (TPSA) is 101 Å². The molecule has 1 amide bonds. The molecule has 0 bridgehead atoms. The number of aromatic nitrogens is 1. The average Bonchev–Trinajstić information content (AvgIpc) is 3.18. The lowest BCUT2D eigenvalue weighted by Gasteiger charge is -2.08. The standard InChI is InChI=1S/C21H23N3O4S2/c1-13-14(2)23-28-21(13)24-30(26,27)17-10-8-16(9-11-17)22-20(25)19-12-15-6-4-3-5-7-18(15)29-19/h8-12,24H,3-7H2,1-2H3,(H,22,25). The minimum atomic E-state index is -3.82. The van der Waals surface area contributed by atoms with Crippen LogP contribution in [0.1, 0.15) is 50.6 Å². The first kappa shape index (κ1) is 20.6. The Labute approximate surface area is 179 Å². The summed E-state index contributed by atoms with van der Waals surface area (Å²) in [5.41, 5.74) is 3.08. The van der Waals surface area contributed by atoms with Crippen LogP contribution in [0.5, 0.6) is 0 Å². The van der Waals surface area contributed by atoms with E-state index in [0.29, 0.717) is 21.8 Å². The molecule has 2 N–H and O–H groups in total. The van der Waals surface area contributed by atoms with Crippen molar-refractivity contribution in [3.8, 4) is 0 Å². The van der Waals surface area contributed by atoms with Crippen LogP contribution < -0.4 is 10.0 Å². The zero-order valence-electron chi connectivity index (χ0n) is 16.8. The molecule has 3 aromatic rings. The second-order valence-corrected chi connectivity index (χ2v) is 10.2. The number of thiophene rings is 1. The van der Waals surface area contributed by atoms with Crippen molar-refractivity contribution in [3.63, 3.8) is 0 Å². The van der Waals surface area contributed by atoms with Gasteiger partial charge in [-0.1, -0.05) is 11.6 Å². The van der Waals surface area contributed by atoms with Gasteiger partial charge < -0.3 is 9.84 Å². The molecular formula is C21H23N3O4S2. The predicted octanol–water partition coefficient (Wildman–Crippen LogP) is 4.67. The molecular weight excluding hydrogens is 422 g/mol. The van der Waals surface area contributed by atoms with Crippen LogP contribution in [0.3, 0.4) is 0 Å². The van der Waals surface area contributed by atoms with Crippen molar-refractivity contribution in [2.75, 3.05) is 10.0 Å². The first-order valence-electron chi connectivity index (χ1n) is 9.82. The summed E-state index contributed by atoms with van der Waals surface area (Å²) in [6, 6.07) is 8.03. The summed E-state index contributed by atoms with van der Waals surface area (Å²) in [4.78, 5) is 14.7. The van der Waals surface area contributed by atoms with E-state index in [-0.39, 0.29) is 16.7 Å². The first-order valence-corrected chi connectivity index (χ1v) is 12.1. The Bertz CT molecular complexity index is 1150. The molecule has 30 heavy (non-hydrogen) atoms. The molecule has 4 rings (SSSR count). The molecule has 1 aromatic carbocycles. The van der Waals surface area contributed by atoms with E-state index < -0.39 is 10.0 Å². The fourth-order valence-corrected chi connectivity index (χ4v) is 5.58. The molecule has 0 aliphatic heterocycles. The third-order valence-electron chi connectivity index (χ3n) is 5.28. The first-order chi connectivity index (χ1) is 14.3. The van der Waals surface area contributed by atoms with Crippen LogP contribution in [0.2, 0.25) is 0 Å². The van der Waals surface area contributed by atoms with E-state index in [2.05, 4.69) is 15.2 Å². The fraction of sp³-hybridized carbons (Fsp3) is 0.333. The lowest BCUT2D eigenvalue weighted by atomic mass is 10.1. The summed E-state index contributed by atoms with van der Waals surface area (Å²) in [6.45, 7) is 3.46. The molecule has 0 saturated heterocycles. The van der Waals surface area contributed by atoms with Crippen LogP contribution in [-0.4, -0.2) is 19.5 Å². The van der Waals surface area contributed by atoms with Gasteiger partial charge in [-0.2, -0.15) is 0 Å². The molecule has 9 heteroatoms. The maximum absolute atomic E-state index is 12.6. The Morgan fingerprint density at radius 2 is 1.83 bits per heavy atom. The van der Waals surface area contributed by atoms with Crippen molar-refractivity contribution in [2.24, 2.45) is 0 Å². The molecule has 1 aliphatic carbocycles. The lowest BCUT2D eigenvalue weighted by molar-refractivity contribution is 0.103. The number of hydrogen-bond acceptors (Lipinski definition) is 6. The number of sulfonamides is 1. The van der Waals surface area contributed by atoms with Gasteiger partial charge in [0.15, 0.2) is 0 Å². The smallest absolute Gasteiger partial charge is 0.265 e. The Kier molecular flexibility index (Phi) is 5.66. The Balaban J connectivity index is 1.45. The van der Waals surface area contributed by atoms with E-state index >= 15 is 0 Å². The van der Waals surface area contributed by atoms with Crippen LogP contribution in [0.25, 0.3) is 0 Å². The van der Waals surface area contributed by atoms with Gasteiger partial charge in [0, 0.05) is 16.1 Å². The maximum atomic E-state index is 12.6. The number of nitrogens with one attached hydrogen (secondary N) is 2. The van der Waals surface area contributed by atoms with Crippen molar-refractivity contribution in [3.05, 3.63) is 56.9 Å². The molecule has 2 aromatic heterocycles. The van der Waals surface area contributed by atoms with Crippen molar-refractivity contribution >= 4 is 38.8 Å². The summed E-state index contributed by atoms with van der Waals surface area (Å²) in [5.74, 6) is -0.0723. The molecule has 0 unspecified atom stereocenters. The van der Waals surface area contributed by atoms with Gasteiger partial charge in [-0.15, -0.1) is 11.3 Å². The van der Waals surface area contributed by atoms with Gasteiger partial charge in [0.05, 0.1) is 15.5 Å². The zero-order valence-corrected chi connectivity index (χ0v) is 18.5. The van der Waals surface area contributed by atoms with Crippen LogP contribution in [0.4, 0.5) is 11.6 Å². The summed E-state index contributed by atoms with van der Waals surface area (Å²) in [7, 11) is -3.82. The number of rotatable bonds is 5. The second-order valence-electron chi connectivity index (χ2n) is 7.43. The molecule has 0 saturated carbocycles. The van der Waals surface area contributed by atoms with E-state index in [9.17, 15) is 13.2 Å². The number of hydrogen-bond donors (Lipinski definition) is 2. The van der Waals surface area contributed by atoms with Gasteiger partial charge in [0.25, 0.3) is 15.9 Å². The normalized spacial score (nSPS) is 14.1. The second kappa shape index (κ2) is 8.23. The van der Waals surface area contributed by atoms with Gasteiger partial charge in [-0.05, 0) is 75.4 Å². The predicted molar refractivity (Wildman–Crippen MR) is 117 cm³/mol. The van der Waals surface area contributed by atoms with E-state index in [1.807, 2.05) is 6.07 Å². The van der Waals surface area contributed by atoms with E-state index in [1.54, 1.807) is 37.3 Å². The van der Waals surface area contributed by atoms with Crippen molar-refractivity contribution in [1.29, 1.82) is 0 Å². The highest BCUT2D eigenvalue weighted by molar-refractivity contribution is 7.92. The molecule has 0 spiro atoms. The third-order valence-corrected chi connectivity index (χ3v) is 7.86. The largest absolute Gasteiger partial charge is 0.337 e. The number of nitrogens with zero attached hydrogens (tertiary/aromatic N) is 1. The number of benzene rings is 1. The van der Waals surface area contributed by atoms with Crippen molar-refractivity contribution in [2.45, 2.75) is 50.8 Å². The molecule has 158 valence electrons. The number of aryl methyl sites for hydroxylation is 3. The quantitative estimate of drug-likeness (QED) is 0.556. The summed E-state index contributed by atoms with van der Waals surface area (Å²) in [5, 5.41) is 6.60. The Morgan fingerprint density at radius 3 is 2.53 bits per heavy atom. The molecule has 0 fully saturated rings. The van der Waals surface area contributed by atoms with Gasteiger partial charge in [0.1, 0.15) is 0 Å². The maximum Gasteiger partial charge on any atom is 0.265 e. The fourth-order valence-electron chi connectivity index (χ4n) is 3.38. The zero-order chi connectivity index (χ0) is 21.3. The molecule has 2 heterocycles. The van der Waals surface area contributed by atoms with Crippen LogP contribution in [0, 0.1) is 13.8 Å². The third kappa shape index (κ3) is 4.27. The minimum absolute atomic E-state index is 0.0665. The highest BCUT2D eigenvalue weighted by atomic mass is 32.2. The number of fused-ring (bicyclic) bond motifs is 1. The number of carbonyl (C=O) groups excluding carboxylic acids is 1. The highest BCUT2D eigenvalue weighted by Gasteiger charge is 2.20. The molecule has 7 nitrogen and oxygen atoms in total. The van der Waals surface area contributed by atoms with Crippen LogP contribution >= 0.6 is 11.3 Å².